The summed E-state index contributed by atoms with van der Waals surface area (Å²) in [5.74, 6) is 1.16. The summed E-state index contributed by atoms with van der Waals surface area (Å²) in [5.41, 5.74) is 1.82. The first-order valence-corrected chi connectivity index (χ1v) is 15.2. The van der Waals surface area contributed by atoms with Crippen molar-refractivity contribution in [2.24, 2.45) is 11.8 Å². The number of piperidine rings is 1. The summed E-state index contributed by atoms with van der Waals surface area (Å²) in [7, 11) is -3.87. The van der Waals surface area contributed by atoms with Crippen LogP contribution in [-0.2, 0) is 27.8 Å². The Morgan fingerprint density at radius 1 is 1.02 bits per heavy atom. The average Bonchev–Trinajstić information content (AvgIpc) is 3.39. The van der Waals surface area contributed by atoms with E-state index in [2.05, 4.69) is 16.9 Å². The third kappa shape index (κ3) is 6.63. The van der Waals surface area contributed by atoms with Crippen LogP contribution in [0.1, 0.15) is 35.5 Å². The zero-order chi connectivity index (χ0) is 29.9. The Labute approximate surface area is 246 Å². The van der Waals surface area contributed by atoms with Crippen molar-refractivity contribution in [1.82, 2.24) is 19.5 Å². The highest BCUT2D eigenvalue weighted by molar-refractivity contribution is 7.89. The van der Waals surface area contributed by atoms with Gasteiger partial charge in [-0.05, 0) is 67.9 Å². The van der Waals surface area contributed by atoms with Crippen molar-refractivity contribution in [1.29, 1.82) is 0 Å². The number of nitrogens with zero attached hydrogens (tertiary/aromatic N) is 3. The number of allylic oxidation sites excluding steroid dienone is 1. The van der Waals surface area contributed by atoms with Crippen molar-refractivity contribution in [3.8, 4) is 5.75 Å². The summed E-state index contributed by atoms with van der Waals surface area (Å²) in [5, 5.41) is 3.06. The maximum atomic E-state index is 13.7. The van der Waals surface area contributed by atoms with E-state index in [1.54, 1.807) is 66.6 Å². The van der Waals surface area contributed by atoms with Gasteiger partial charge >= 0.3 is 6.09 Å². The number of hydrogen-bond donors (Lipinski definition) is 1. The van der Waals surface area contributed by atoms with Gasteiger partial charge in [-0.3, -0.25) is 9.78 Å². The van der Waals surface area contributed by atoms with Crippen molar-refractivity contribution >= 4 is 22.0 Å². The Bertz CT molecular complexity index is 1530. The standard InChI is InChI=1S/C31H34N4O6S/c1-4-40-25-12-14-26(15-13-25)42(38,39)35(18-24-7-5-6-16-32-24)17-22-8-10-23(11-9-22)30(36)33-29-27-19-34(20-28(27)29)31(37)41-21(2)3/h5-16,27-29H,2,4,17-20H2,1,3H3,(H,33,36)/t27-,28+,29+. The Morgan fingerprint density at radius 3 is 2.31 bits per heavy atom. The first-order chi connectivity index (χ1) is 20.2. The summed E-state index contributed by atoms with van der Waals surface area (Å²) in [4.78, 5) is 31.1. The fraction of sp³-hybridized carbons (Fsp3) is 0.323. The molecule has 10 nitrogen and oxygen atoms in total. The van der Waals surface area contributed by atoms with Crippen molar-refractivity contribution < 1.29 is 27.5 Å². The predicted molar refractivity (Wildman–Crippen MR) is 156 cm³/mol. The second-order valence-corrected chi connectivity index (χ2v) is 12.4. The molecule has 1 saturated carbocycles. The van der Waals surface area contributed by atoms with Crippen LogP contribution in [0.5, 0.6) is 5.75 Å². The van der Waals surface area contributed by atoms with Crippen molar-refractivity contribution in [3.63, 3.8) is 0 Å². The Hall–Kier alpha value is -4.22. The van der Waals surface area contributed by atoms with Crippen molar-refractivity contribution in [2.45, 2.75) is 37.9 Å². The molecule has 5 rings (SSSR count). The van der Waals surface area contributed by atoms with Gasteiger partial charge < -0.3 is 19.7 Å². The number of ether oxygens (including phenoxy) is 2. The first-order valence-electron chi connectivity index (χ1n) is 13.8. The normalized spacial score (nSPS) is 19.2. The van der Waals surface area contributed by atoms with E-state index in [4.69, 9.17) is 9.47 Å². The van der Waals surface area contributed by atoms with E-state index in [1.807, 2.05) is 13.0 Å². The highest BCUT2D eigenvalue weighted by Gasteiger charge is 2.57. The molecule has 3 aromatic rings. The van der Waals surface area contributed by atoms with Crippen molar-refractivity contribution in [2.75, 3.05) is 19.7 Å². The molecule has 2 aliphatic rings. The van der Waals surface area contributed by atoms with Crippen LogP contribution in [0.15, 0.2) is 90.2 Å². The minimum absolute atomic E-state index is 0.0131. The van der Waals surface area contributed by atoms with E-state index in [0.717, 1.165) is 5.56 Å². The lowest BCUT2D eigenvalue weighted by Crippen LogP contribution is -2.37. The molecular weight excluding hydrogens is 556 g/mol. The molecule has 0 radical (unpaired) electrons. The number of fused-ring (bicyclic) bond motifs is 1. The SMILES string of the molecule is C=C(C)OC(=O)N1C[C@@H]2[C@H](C1)[C@H]2NC(=O)c1ccc(CN(Cc2ccccn2)S(=O)(=O)c2ccc(OCC)cc2)cc1. The molecule has 11 heteroatoms. The molecule has 1 aliphatic carbocycles. The van der Waals surface area contributed by atoms with E-state index in [0.29, 0.717) is 42.5 Å². The van der Waals surface area contributed by atoms with E-state index in [-0.39, 0.29) is 41.8 Å². The molecule has 3 atom stereocenters. The average molecular weight is 591 g/mol. The van der Waals surface area contributed by atoms with Crippen LogP contribution in [0.4, 0.5) is 4.79 Å². The van der Waals surface area contributed by atoms with Crippen LogP contribution in [0.25, 0.3) is 0 Å². The number of pyridine rings is 1. The second-order valence-electron chi connectivity index (χ2n) is 10.5. The number of sulfonamides is 1. The van der Waals surface area contributed by atoms with E-state index >= 15 is 0 Å². The van der Waals surface area contributed by atoms with E-state index < -0.39 is 16.1 Å². The minimum Gasteiger partial charge on any atom is -0.494 e. The third-order valence-corrected chi connectivity index (χ3v) is 9.23. The second kappa shape index (κ2) is 12.3. The largest absolute Gasteiger partial charge is 0.494 e. The summed E-state index contributed by atoms with van der Waals surface area (Å²) < 4.78 is 39.3. The van der Waals surface area contributed by atoms with Gasteiger partial charge in [0.25, 0.3) is 5.91 Å². The molecule has 2 amide bonds. The highest BCUT2D eigenvalue weighted by Crippen LogP contribution is 2.45. The maximum Gasteiger partial charge on any atom is 0.414 e. The highest BCUT2D eigenvalue weighted by atomic mass is 32.2. The number of benzene rings is 2. The van der Waals surface area contributed by atoms with E-state index in [1.165, 1.54) is 16.4 Å². The van der Waals surface area contributed by atoms with Gasteiger partial charge in [-0.2, -0.15) is 4.31 Å². The summed E-state index contributed by atoms with van der Waals surface area (Å²) in [6.07, 6.45) is 1.22. The first kappa shape index (κ1) is 29.3. The van der Waals surface area contributed by atoms with Crippen LogP contribution >= 0.6 is 0 Å². The number of likely N-dealkylation sites (tertiary alicyclic amines) is 1. The van der Waals surface area contributed by atoms with Gasteiger partial charge in [-0.25, -0.2) is 13.2 Å². The molecule has 0 unspecified atom stereocenters. The molecule has 220 valence electrons. The summed E-state index contributed by atoms with van der Waals surface area (Å²) >= 11 is 0. The van der Waals surface area contributed by atoms with Gasteiger partial charge in [0.1, 0.15) is 5.75 Å². The molecule has 0 spiro atoms. The number of carbonyl (C=O) groups excluding carboxylic acids is 2. The van der Waals surface area contributed by atoms with Gasteiger partial charge in [0.15, 0.2) is 0 Å². The Kier molecular flexibility index (Phi) is 8.60. The van der Waals surface area contributed by atoms with Gasteiger partial charge in [-0.1, -0.05) is 24.8 Å². The minimum atomic E-state index is -3.87. The lowest BCUT2D eigenvalue weighted by Gasteiger charge is -2.22. The molecule has 1 aliphatic heterocycles. The van der Waals surface area contributed by atoms with Crippen LogP contribution in [0.3, 0.4) is 0 Å². The number of carbonyl (C=O) groups is 2. The van der Waals surface area contributed by atoms with Crippen LogP contribution in [0.2, 0.25) is 0 Å². The van der Waals surface area contributed by atoms with Gasteiger partial charge in [0.2, 0.25) is 10.0 Å². The number of amides is 2. The maximum absolute atomic E-state index is 13.7. The molecule has 1 saturated heterocycles. The van der Waals surface area contributed by atoms with Crippen LogP contribution in [0, 0.1) is 11.8 Å². The summed E-state index contributed by atoms with van der Waals surface area (Å²) in [6.45, 7) is 8.82. The smallest absolute Gasteiger partial charge is 0.414 e. The molecule has 42 heavy (non-hydrogen) atoms. The lowest BCUT2D eigenvalue weighted by atomic mass is 10.1. The number of nitrogens with one attached hydrogen (secondary N) is 1. The molecule has 0 bridgehead atoms. The zero-order valence-electron chi connectivity index (χ0n) is 23.6. The van der Waals surface area contributed by atoms with Gasteiger partial charge in [-0.15, -0.1) is 0 Å². The topological polar surface area (TPSA) is 118 Å². The molecule has 1 aromatic heterocycles. The number of aromatic nitrogens is 1. The fourth-order valence-electron chi connectivity index (χ4n) is 5.22. The Morgan fingerprint density at radius 2 is 1.71 bits per heavy atom. The number of hydrogen-bond acceptors (Lipinski definition) is 7. The quantitative estimate of drug-likeness (QED) is 0.333. The van der Waals surface area contributed by atoms with Crippen molar-refractivity contribution in [3.05, 3.63) is 102 Å². The van der Waals surface area contributed by atoms with Gasteiger partial charge in [0.05, 0.1) is 29.5 Å². The third-order valence-electron chi connectivity index (χ3n) is 7.42. The summed E-state index contributed by atoms with van der Waals surface area (Å²) in [6, 6.07) is 18.7. The molecule has 2 aromatic carbocycles. The lowest BCUT2D eigenvalue weighted by molar-refractivity contribution is 0.0942. The van der Waals surface area contributed by atoms with E-state index in [9.17, 15) is 18.0 Å². The fourth-order valence-corrected chi connectivity index (χ4v) is 6.62. The molecule has 2 heterocycles. The molecular formula is C31H34N4O6S. The van der Waals surface area contributed by atoms with Crippen LogP contribution in [-0.4, -0.2) is 60.3 Å². The molecule has 2 fully saturated rings. The number of rotatable bonds is 11. The Balaban J connectivity index is 1.24. The van der Waals surface area contributed by atoms with Crippen LogP contribution < -0.4 is 10.1 Å². The monoisotopic (exact) mass is 590 g/mol. The zero-order valence-corrected chi connectivity index (χ0v) is 24.4. The predicted octanol–water partition coefficient (Wildman–Crippen LogP) is 4.20. The molecule has 1 N–H and O–H groups in total. The van der Waals surface area contributed by atoms with Gasteiger partial charge in [0, 0.05) is 49.3 Å².